The molecule has 0 spiro atoms. The van der Waals surface area contributed by atoms with Crippen molar-refractivity contribution in [1.82, 2.24) is 3.93 Å². The highest BCUT2D eigenvalue weighted by atomic mass is 79.9. The smallest absolute Gasteiger partial charge is 0.324 e. The number of hydrogen-bond acceptors (Lipinski definition) is 2. The van der Waals surface area contributed by atoms with Gasteiger partial charge < -0.3 is 5.11 Å². The summed E-state index contributed by atoms with van der Waals surface area (Å²) in [4.78, 5) is 21.3. The fraction of sp³-hybridized carbons (Fsp3) is 0.714. The van der Waals surface area contributed by atoms with Crippen molar-refractivity contribution in [2.75, 3.05) is 6.54 Å². The number of carboxylic acids is 1. The average Bonchev–Trinajstić information content (AvgIpc) is 1.84. The molecule has 0 aromatic rings. The molecular weight excluding hydrogens is 226 g/mol. The molecule has 0 aliphatic rings. The molecule has 0 fully saturated rings. The van der Waals surface area contributed by atoms with Crippen LogP contribution in [0.5, 0.6) is 0 Å². The standard InChI is InChI=1S/C7H12BrNO3/c1-5(2)3-6(10)9(8)4-7(11)12/h5H,3-4H2,1-2H3,(H,11,12). The van der Waals surface area contributed by atoms with Crippen LogP contribution in [0, 0.1) is 5.92 Å². The summed E-state index contributed by atoms with van der Waals surface area (Å²) < 4.78 is 1.04. The van der Waals surface area contributed by atoms with Gasteiger partial charge in [-0.1, -0.05) is 13.8 Å². The van der Waals surface area contributed by atoms with Crippen molar-refractivity contribution >= 4 is 28.0 Å². The van der Waals surface area contributed by atoms with Gasteiger partial charge in [-0.15, -0.1) is 0 Å². The maximum absolute atomic E-state index is 11.1. The van der Waals surface area contributed by atoms with E-state index in [1.807, 2.05) is 13.8 Å². The lowest BCUT2D eigenvalue weighted by Gasteiger charge is -2.12. The maximum Gasteiger partial charge on any atom is 0.324 e. The summed E-state index contributed by atoms with van der Waals surface area (Å²) in [5.41, 5.74) is 0. The number of nitrogens with zero attached hydrogens (tertiary/aromatic N) is 1. The van der Waals surface area contributed by atoms with Crippen LogP contribution < -0.4 is 0 Å². The molecule has 0 aliphatic carbocycles. The van der Waals surface area contributed by atoms with Gasteiger partial charge in [0.05, 0.1) is 16.1 Å². The summed E-state index contributed by atoms with van der Waals surface area (Å²) in [7, 11) is 0. The van der Waals surface area contributed by atoms with E-state index in [2.05, 4.69) is 16.1 Å². The number of halogens is 1. The van der Waals surface area contributed by atoms with Gasteiger partial charge in [0, 0.05) is 6.42 Å². The van der Waals surface area contributed by atoms with E-state index >= 15 is 0 Å². The molecule has 0 heterocycles. The van der Waals surface area contributed by atoms with E-state index in [4.69, 9.17) is 5.11 Å². The van der Waals surface area contributed by atoms with E-state index in [9.17, 15) is 9.59 Å². The van der Waals surface area contributed by atoms with Crippen LogP contribution in [0.3, 0.4) is 0 Å². The molecule has 70 valence electrons. The molecule has 0 aliphatic heterocycles. The van der Waals surface area contributed by atoms with Gasteiger partial charge in [-0.3, -0.25) is 13.5 Å². The van der Waals surface area contributed by atoms with Crippen LogP contribution in [0.25, 0.3) is 0 Å². The zero-order valence-electron chi connectivity index (χ0n) is 7.08. The van der Waals surface area contributed by atoms with Crippen molar-refractivity contribution in [2.24, 2.45) is 5.92 Å². The number of carbonyl (C=O) groups is 2. The lowest BCUT2D eigenvalue weighted by molar-refractivity contribution is -0.140. The normalized spacial score (nSPS) is 10.0. The first kappa shape index (κ1) is 11.4. The number of carboxylic acid groups (broad SMARTS) is 1. The lowest BCUT2D eigenvalue weighted by atomic mass is 10.1. The van der Waals surface area contributed by atoms with Gasteiger partial charge in [0.15, 0.2) is 0 Å². The Hall–Kier alpha value is -0.580. The van der Waals surface area contributed by atoms with Crippen LogP contribution in [0.1, 0.15) is 20.3 Å². The van der Waals surface area contributed by atoms with Gasteiger partial charge >= 0.3 is 5.97 Å². The average molecular weight is 238 g/mol. The van der Waals surface area contributed by atoms with Gasteiger partial charge in [0.2, 0.25) is 5.91 Å². The van der Waals surface area contributed by atoms with E-state index in [1.54, 1.807) is 0 Å². The van der Waals surface area contributed by atoms with Gasteiger partial charge in [0.25, 0.3) is 0 Å². The first-order valence-electron chi connectivity index (χ1n) is 3.61. The zero-order chi connectivity index (χ0) is 9.72. The molecule has 12 heavy (non-hydrogen) atoms. The summed E-state index contributed by atoms with van der Waals surface area (Å²) in [6.07, 6.45) is 0.360. The first-order valence-corrected chi connectivity index (χ1v) is 4.32. The van der Waals surface area contributed by atoms with Crippen molar-refractivity contribution < 1.29 is 14.7 Å². The number of hydrogen-bond donors (Lipinski definition) is 1. The molecule has 1 amide bonds. The van der Waals surface area contributed by atoms with Crippen LogP contribution in [-0.4, -0.2) is 27.5 Å². The second-order valence-corrected chi connectivity index (χ2v) is 3.76. The van der Waals surface area contributed by atoms with E-state index in [0.29, 0.717) is 6.42 Å². The molecule has 0 aromatic carbocycles. The fourth-order valence-corrected chi connectivity index (χ4v) is 1.01. The minimum absolute atomic E-state index is 0.201. The third kappa shape index (κ3) is 5.12. The van der Waals surface area contributed by atoms with Crippen LogP contribution in [-0.2, 0) is 9.59 Å². The Balaban J connectivity index is 3.85. The Labute approximate surface area is 79.9 Å². The van der Waals surface area contributed by atoms with Crippen molar-refractivity contribution in [3.63, 3.8) is 0 Å². The number of carbonyl (C=O) groups excluding carboxylic acids is 1. The molecule has 0 aromatic heterocycles. The van der Waals surface area contributed by atoms with Crippen LogP contribution in [0.4, 0.5) is 0 Å². The highest BCUT2D eigenvalue weighted by Gasteiger charge is 2.14. The fourth-order valence-electron chi connectivity index (χ4n) is 0.655. The van der Waals surface area contributed by atoms with E-state index in [-0.39, 0.29) is 18.4 Å². The summed E-state index contributed by atoms with van der Waals surface area (Å²) in [6.45, 7) is 3.50. The quantitative estimate of drug-likeness (QED) is 0.750. The molecule has 5 heteroatoms. The zero-order valence-corrected chi connectivity index (χ0v) is 8.67. The second-order valence-electron chi connectivity index (χ2n) is 2.91. The predicted octanol–water partition coefficient (Wildman–Crippen LogP) is 1.26. The molecule has 0 saturated carbocycles. The topological polar surface area (TPSA) is 57.6 Å². The van der Waals surface area contributed by atoms with E-state index < -0.39 is 5.97 Å². The molecule has 0 unspecified atom stereocenters. The highest BCUT2D eigenvalue weighted by molar-refractivity contribution is 9.07. The third-order valence-corrected chi connectivity index (χ3v) is 1.77. The van der Waals surface area contributed by atoms with Gasteiger partial charge in [-0.2, -0.15) is 0 Å². The lowest BCUT2D eigenvalue weighted by Crippen LogP contribution is -2.27. The Kier molecular flexibility index (Phi) is 4.89. The summed E-state index contributed by atoms with van der Waals surface area (Å²) in [6, 6.07) is 0. The first-order chi connectivity index (χ1) is 5.43. The monoisotopic (exact) mass is 237 g/mol. The summed E-state index contributed by atoms with van der Waals surface area (Å²) >= 11 is 2.88. The van der Waals surface area contributed by atoms with Crippen LogP contribution in [0.15, 0.2) is 0 Å². The Morgan fingerprint density at radius 3 is 2.33 bits per heavy atom. The summed E-state index contributed by atoms with van der Waals surface area (Å²) in [5, 5.41) is 8.34. The Morgan fingerprint density at radius 1 is 1.50 bits per heavy atom. The molecule has 0 radical (unpaired) electrons. The van der Waals surface area contributed by atoms with Crippen molar-refractivity contribution in [3.05, 3.63) is 0 Å². The number of amides is 1. The number of aliphatic carboxylic acids is 1. The van der Waals surface area contributed by atoms with Crippen molar-refractivity contribution in [2.45, 2.75) is 20.3 Å². The SMILES string of the molecule is CC(C)CC(=O)N(Br)CC(=O)O. The molecule has 0 atom stereocenters. The molecule has 0 bridgehead atoms. The van der Waals surface area contributed by atoms with Crippen LogP contribution in [0.2, 0.25) is 0 Å². The van der Waals surface area contributed by atoms with E-state index in [1.165, 1.54) is 0 Å². The second kappa shape index (κ2) is 5.13. The van der Waals surface area contributed by atoms with Crippen molar-refractivity contribution in [3.8, 4) is 0 Å². The van der Waals surface area contributed by atoms with Crippen molar-refractivity contribution in [1.29, 1.82) is 0 Å². The van der Waals surface area contributed by atoms with Gasteiger partial charge in [0.1, 0.15) is 6.54 Å². The minimum atomic E-state index is -1.02. The third-order valence-electron chi connectivity index (χ3n) is 1.13. The Bertz CT molecular complexity index is 181. The predicted molar refractivity (Wildman–Crippen MR) is 47.7 cm³/mol. The maximum atomic E-state index is 11.1. The molecule has 1 N–H and O–H groups in total. The highest BCUT2D eigenvalue weighted by Crippen LogP contribution is 2.07. The van der Waals surface area contributed by atoms with E-state index in [0.717, 1.165) is 3.93 Å². The Morgan fingerprint density at radius 2 is 2.00 bits per heavy atom. The molecular formula is C7H12BrNO3. The molecule has 0 saturated heterocycles. The largest absolute Gasteiger partial charge is 0.480 e. The summed E-state index contributed by atoms with van der Waals surface area (Å²) in [5.74, 6) is -0.984. The number of rotatable bonds is 4. The molecule has 4 nitrogen and oxygen atoms in total. The van der Waals surface area contributed by atoms with Gasteiger partial charge in [-0.25, -0.2) is 0 Å². The van der Waals surface area contributed by atoms with Gasteiger partial charge in [-0.05, 0) is 5.92 Å². The van der Waals surface area contributed by atoms with Crippen LogP contribution >= 0.6 is 16.1 Å². The molecule has 0 rings (SSSR count). The minimum Gasteiger partial charge on any atom is -0.480 e.